The Kier molecular flexibility index (Phi) is 3.47. The van der Waals surface area contributed by atoms with E-state index < -0.39 is 0 Å². The number of amides is 1. The van der Waals surface area contributed by atoms with Crippen molar-refractivity contribution >= 4 is 5.91 Å². The van der Waals surface area contributed by atoms with Crippen LogP contribution in [-0.4, -0.2) is 54.0 Å². The summed E-state index contributed by atoms with van der Waals surface area (Å²) in [6, 6.07) is 4.99. The fourth-order valence-electron chi connectivity index (χ4n) is 4.08. The number of nitrogens with one attached hydrogen (secondary N) is 1. The predicted molar refractivity (Wildman–Crippen MR) is 78.6 cm³/mol. The average molecular weight is 289 g/mol. The lowest BCUT2D eigenvalue weighted by atomic mass is 9.88. The Bertz CT molecular complexity index is 494. The van der Waals surface area contributed by atoms with Gasteiger partial charge in [-0.25, -0.2) is 0 Å². The van der Waals surface area contributed by atoms with E-state index in [1.54, 1.807) is 6.26 Å². The van der Waals surface area contributed by atoms with Crippen molar-refractivity contribution in [2.24, 2.45) is 5.92 Å². The van der Waals surface area contributed by atoms with Gasteiger partial charge in [-0.15, -0.1) is 0 Å². The molecule has 114 valence electrons. The first-order valence-electron chi connectivity index (χ1n) is 8.09. The quantitative estimate of drug-likeness (QED) is 0.904. The van der Waals surface area contributed by atoms with E-state index in [9.17, 15) is 4.79 Å². The van der Waals surface area contributed by atoms with Gasteiger partial charge in [0.15, 0.2) is 0 Å². The fourth-order valence-corrected chi connectivity index (χ4v) is 4.08. The molecule has 2 bridgehead atoms. The molecule has 3 fully saturated rings. The Balaban J connectivity index is 1.30. The molecule has 4 rings (SSSR count). The summed E-state index contributed by atoms with van der Waals surface area (Å²) in [5, 5.41) is 3.57. The molecule has 0 aromatic carbocycles. The number of nitrogens with zero attached hydrogens (tertiary/aromatic N) is 2. The van der Waals surface area contributed by atoms with E-state index in [2.05, 4.69) is 15.1 Å². The van der Waals surface area contributed by atoms with Crippen LogP contribution in [0, 0.1) is 5.92 Å². The summed E-state index contributed by atoms with van der Waals surface area (Å²) in [6.07, 6.45) is 5.21. The lowest BCUT2D eigenvalue weighted by molar-refractivity contribution is -0.138. The van der Waals surface area contributed by atoms with Gasteiger partial charge in [-0.1, -0.05) is 0 Å². The zero-order valence-electron chi connectivity index (χ0n) is 12.3. The first-order valence-corrected chi connectivity index (χ1v) is 8.09. The number of hydrogen-bond donors (Lipinski definition) is 1. The van der Waals surface area contributed by atoms with Crippen LogP contribution in [0.25, 0.3) is 0 Å². The van der Waals surface area contributed by atoms with Crippen LogP contribution in [-0.2, 0) is 11.3 Å². The molecule has 5 nitrogen and oxygen atoms in total. The molecule has 3 unspecified atom stereocenters. The average Bonchev–Trinajstić information content (AvgIpc) is 3.25. The number of piperazine rings is 1. The molecule has 0 aliphatic carbocycles. The SMILES string of the molecule is O=C(C1CC2CCC1N2)N1CCN(Cc2ccco2)CC1. The third kappa shape index (κ3) is 2.60. The van der Waals surface area contributed by atoms with Crippen LogP contribution in [0.2, 0.25) is 0 Å². The molecule has 3 saturated heterocycles. The molecule has 3 aliphatic rings. The van der Waals surface area contributed by atoms with Crippen molar-refractivity contribution in [2.75, 3.05) is 26.2 Å². The van der Waals surface area contributed by atoms with Crippen LogP contribution < -0.4 is 5.32 Å². The minimum absolute atomic E-state index is 0.236. The van der Waals surface area contributed by atoms with E-state index in [1.165, 1.54) is 12.8 Å². The smallest absolute Gasteiger partial charge is 0.227 e. The third-order valence-corrected chi connectivity index (χ3v) is 5.26. The lowest BCUT2D eigenvalue weighted by Gasteiger charge is -2.36. The molecule has 3 aliphatic heterocycles. The summed E-state index contributed by atoms with van der Waals surface area (Å²) in [5.41, 5.74) is 0. The molecule has 1 amide bonds. The zero-order chi connectivity index (χ0) is 14.2. The molecular weight excluding hydrogens is 266 g/mol. The molecule has 21 heavy (non-hydrogen) atoms. The summed E-state index contributed by atoms with van der Waals surface area (Å²) in [6.45, 7) is 4.45. The largest absolute Gasteiger partial charge is 0.468 e. The van der Waals surface area contributed by atoms with Gasteiger partial charge >= 0.3 is 0 Å². The summed E-state index contributed by atoms with van der Waals surface area (Å²) >= 11 is 0. The standard InChI is InChI=1S/C16H23N3O2/c20-16(14-10-12-3-4-15(14)17-12)19-7-5-18(6-8-19)11-13-2-1-9-21-13/h1-2,9,12,14-15,17H,3-8,10-11H2. The molecule has 0 radical (unpaired) electrons. The highest BCUT2D eigenvalue weighted by molar-refractivity contribution is 5.80. The highest BCUT2D eigenvalue weighted by Crippen LogP contribution is 2.34. The van der Waals surface area contributed by atoms with E-state index in [4.69, 9.17) is 4.42 Å². The number of carbonyl (C=O) groups excluding carboxylic acids is 1. The molecule has 3 atom stereocenters. The maximum Gasteiger partial charge on any atom is 0.227 e. The van der Waals surface area contributed by atoms with Crippen LogP contribution in [0.1, 0.15) is 25.0 Å². The first-order chi connectivity index (χ1) is 10.3. The van der Waals surface area contributed by atoms with Gasteiger partial charge in [0, 0.05) is 38.3 Å². The number of hydrogen-bond acceptors (Lipinski definition) is 4. The summed E-state index contributed by atoms with van der Waals surface area (Å²) in [5.74, 6) is 1.62. The minimum Gasteiger partial charge on any atom is -0.468 e. The van der Waals surface area contributed by atoms with Crippen molar-refractivity contribution < 1.29 is 9.21 Å². The van der Waals surface area contributed by atoms with E-state index >= 15 is 0 Å². The minimum atomic E-state index is 0.236. The molecular formula is C16H23N3O2. The Labute approximate surface area is 125 Å². The van der Waals surface area contributed by atoms with Gasteiger partial charge in [0.25, 0.3) is 0 Å². The van der Waals surface area contributed by atoms with Crippen molar-refractivity contribution in [3.63, 3.8) is 0 Å². The molecule has 1 aromatic rings. The van der Waals surface area contributed by atoms with Crippen molar-refractivity contribution in [3.05, 3.63) is 24.2 Å². The van der Waals surface area contributed by atoms with Gasteiger partial charge in [-0.05, 0) is 31.4 Å². The molecule has 4 heterocycles. The second-order valence-corrected chi connectivity index (χ2v) is 6.57. The van der Waals surface area contributed by atoms with Gasteiger partial charge < -0.3 is 14.6 Å². The normalized spacial score (nSPS) is 32.8. The molecule has 1 N–H and O–H groups in total. The van der Waals surface area contributed by atoms with E-state index in [0.717, 1.165) is 44.9 Å². The monoisotopic (exact) mass is 289 g/mol. The second-order valence-electron chi connectivity index (χ2n) is 6.57. The summed E-state index contributed by atoms with van der Waals surface area (Å²) < 4.78 is 5.39. The fraction of sp³-hybridized carbons (Fsp3) is 0.688. The van der Waals surface area contributed by atoms with Crippen molar-refractivity contribution in [1.29, 1.82) is 0 Å². The Morgan fingerprint density at radius 1 is 1.29 bits per heavy atom. The third-order valence-electron chi connectivity index (χ3n) is 5.26. The zero-order valence-corrected chi connectivity index (χ0v) is 12.3. The number of furan rings is 1. The maximum atomic E-state index is 12.7. The van der Waals surface area contributed by atoms with Crippen molar-refractivity contribution in [2.45, 2.75) is 37.9 Å². The maximum absolute atomic E-state index is 12.7. The van der Waals surface area contributed by atoms with Crippen LogP contribution >= 0.6 is 0 Å². The molecule has 1 aromatic heterocycles. The Hall–Kier alpha value is -1.33. The van der Waals surface area contributed by atoms with Gasteiger partial charge in [-0.2, -0.15) is 0 Å². The van der Waals surface area contributed by atoms with Gasteiger partial charge in [0.1, 0.15) is 5.76 Å². The number of fused-ring (bicyclic) bond motifs is 2. The van der Waals surface area contributed by atoms with Crippen LogP contribution in [0.15, 0.2) is 22.8 Å². The van der Waals surface area contributed by atoms with E-state index in [-0.39, 0.29) is 5.92 Å². The van der Waals surface area contributed by atoms with Gasteiger partial charge in [0.2, 0.25) is 5.91 Å². The van der Waals surface area contributed by atoms with Crippen LogP contribution in [0.3, 0.4) is 0 Å². The second kappa shape index (κ2) is 5.46. The highest BCUT2D eigenvalue weighted by Gasteiger charge is 2.44. The van der Waals surface area contributed by atoms with Gasteiger partial charge in [0.05, 0.1) is 18.7 Å². The summed E-state index contributed by atoms with van der Waals surface area (Å²) in [7, 11) is 0. The topological polar surface area (TPSA) is 48.7 Å². The first kappa shape index (κ1) is 13.3. The number of carbonyl (C=O) groups is 1. The molecule has 5 heteroatoms. The Morgan fingerprint density at radius 2 is 2.14 bits per heavy atom. The molecule has 0 saturated carbocycles. The summed E-state index contributed by atoms with van der Waals surface area (Å²) in [4.78, 5) is 17.1. The van der Waals surface area contributed by atoms with Crippen molar-refractivity contribution in [3.8, 4) is 0 Å². The highest BCUT2D eigenvalue weighted by atomic mass is 16.3. The van der Waals surface area contributed by atoms with E-state index in [0.29, 0.717) is 18.0 Å². The van der Waals surface area contributed by atoms with Crippen molar-refractivity contribution in [1.82, 2.24) is 15.1 Å². The van der Waals surface area contributed by atoms with E-state index in [1.807, 2.05) is 12.1 Å². The molecule has 0 spiro atoms. The van der Waals surface area contributed by atoms with Gasteiger partial charge in [-0.3, -0.25) is 9.69 Å². The lowest BCUT2D eigenvalue weighted by Crippen LogP contribution is -2.51. The van der Waals surface area contributed by atoms with Crippen LogP contribution in [0.4, 0.5) is 0 Å². The van der Waals surface area contributed by atoms with Crippen LogP contribution in [0.5, 0.6) is 0 Å². The Morgan fingerprint density at radius 3 is 2.76 bits per heavy atom. The predicted octanol–water partition coefficient (Wildman–Crippen LogP) is 1.06. The number of rotatable bonds is 3.